The van der Waals surface area contributed by atoms with Gasteiger partial charge in [0.15, 0.2) is 0 Å². The van der Waals surface area contributed by atoms with Crippen LogP contribution in [0.2, 0.25) is 10.2 Å². The molecule has 1 aliphatic rings. The maximum atomic E-state index is 6.12. The lowest BCUT2D eigenvalue weighted by Crippen LogP contribution is -2.27. The first kappa shape index (κ1) is 12.1. The second-order valence-corrected chi connectivity index (χ2v) is 4.77. The summed E-state index contributed by atoms with van der Waals surface area (Å²) in [6.45, 7) is 5.15. The van der Waals surface area contributed by atoms with Gasteiger partial charge in [-0.3, -0.25) is 4.90 Å². The van der Waals surface area contributed by atoms with Crippen LogP contribution in [-0.4, -0.2) is 36.1 Å². The molecule has 0 radical (unpaired) electrons. The van der Waals surface area contributed by atoms with Crippen LogP contribution in [0.1, 0.15) is 12.0 Å². The summed E-state index contributed by atoms with van der Waals surface area (Å²) in [7, 11) is 0. The van der Waals surface area contributed by atoms with Gasteiger partial charge in [0.1, 0.15) is 5.15 Å². The van der Waals surface area contributed by atoms with E-state index in [0.29, 0.717) is 10.2 Å². The van der Waals surface area contributed by atoms with Gasteiger partial charge in [-0.05, 0) is 25.6 Å². The SMILES string of the molecule is Clc1cc(Cl)c(CN2CCCNCC2)cn1. The van der Waals surface area contributed by atoms with E-state index in [0.717, 1.165) is 38.3 Å². The molecule has 1 aromatic heterocycles. The van der Waals surface area contributed by atoms with E-state index in [1.807, 2.05) is 0 Å². The molecule has 0 spiro atoms. The quantitative estimate of drug-likeness (QED) is 0.826. The molecule has 2 heterocycles. The highest BCUT2D eigenvalue weighted by Crippen LogP contribution is 2.20. The van der Waals surface area contributed by atoms with Gasteiger partial charge >= 0.3 is 0 Å². The molecule has 0 amide bonds. The Hall–Kier alpha value is -0.350. The number of hydrogen-bond acceptors (Lipinski definition) is 3. The van der Waals surface area contributed by atoms with Crippen molar-refractivity contribution in [1.29, 1.82) is 0 Å². The summed E-state index contributed by atoms with van der Waals surface area (Å²) in [5.41, 5.74) is 1.05. The van der Waals surface area contributed by atoms with E-state index in [1.165, 1.54) is 6.42 Å². The summed E-state index contributed by atoms with van der Waals surface area (Å²) in [4.78, 5) is 6.45. The standard InChI is InChI=1S/C11H15Cl2N3/c12-10-6-11(13)15-7-9(10)8-16-4-1-2-14-3-5-16/h6-7,14H,1-5,8H2. The zero-order valence-corrected chi connectivity index (χ0v) is 10.6. The van der Waals surface area contributed by atoms with Crippen LogP contribution >= 0.6 is 23.2 Å². The Bertz CT molecular complexity index is 349. The first-order valence-electron chi connectivity index (χ1n) is 5.49. The van der Waals surface area contributed by atoms with Crippen LogP contribution < -0.4 is 5.32 Å². The molecular formula is C11H15Cl2N3. The lowest BCUT2D eigenvalue weighted by Gasteiger charge is -2.19. The van der Waals surface area contributed by atoms with Crippen LogP contribution in [-0.2, 0) is 6.54 Å². The maximum Gasteiger partial charge on any atom is 0.130 e. The Kier molecular flexibility index (Phi) is 4.41. The van der Waals surface area contributed by atoms with Crippen molar-refractivity contribution in [3.8, 4) is 0 Å². The van der Waals surface area contributed by atoms with E-state index >= 15 is 0 Å². The molecule has 1 aromatic rings. The van der Waals surface area contributed by atoms with Crippen molar-refractivity contribution in [2.45, 2.75) is 13.0 Å². The van der Waals surface area contributed by atoms with Crippen molar-refractivity contribution >= 4 is 23.2 Å². The molecule has 0 aliphatic carbocycles. The van der Waals surface area contributed by atoms with Gasteiger partial charge in [-0.2, -0.15) is 0 Å². The molecule has 0 atom stereocenters. The molecule has 0 unspecified atom stereocenters. The normalized spacial score (nSPS) is 18.4. The van der Waals surface area contributed by atoms with Crippen molar-refractivity contribution in [2.24, 2.45) is 0 Å². The monoisotopic (exact) mass is 259 g/mol. The topological polar surface area (TPSA) is 28.2 Å². The minimum atomic E-state index is 0.450. The van der Waals surface area contributed by atoms with E-state index in [2.05, 4.69) is 15.2 Å². The molecule has 2 rings (SSSR count). The summed E-state index contributed by atoms with van der Waals surface area (Å²) in [6, 6.07) is 1.70. The fourth-order valence-corrected chi connectivity index (χ4v) is 2.28. The van der Waals surface area contributed by atoms with Crippen LogP contribution in [0.25, 0.3) is 0 Å². The van der Waals surface area contributed by atoms with Crippen LogP contribution in [0.4, 0.5) is 0 Å². The Labute approximate surface area is 106 Å². The fraction of sp³-hybridized carbons (Fsp3) is 0.545. The van der Waals surface area contributed by atoms with Crippen LogP contribution in [0.3, 0.4) is 0 Å². The van der Waals surface area contributed by atoms with Gasteiger partial charge in [-0.1, -0.05) is 23.2 Å². The summed E-state index contributed by atoms with van der Waals surface area (Å²) in [5, 5.41) is 4.53. The molecule has 1 N–H and O–H groups in total. The maximum absolute atomic E-state index is 6.12. The number of pyridine rings is 1. The van der Waals surface area contributed by atoms with Gasteiger partial charge in [0.2, 0.25) is 0 Å². The predicted molar refractivity (Wildman–Crippen MR) is 67.0 cm³/mol. The zero-order chi connectivity index (χ0) is 11.4. The largest absolute Gasteiger partial charge is 0.315 e. The van der Waals surface area contributed by atoms with Crippen LogP contribution in [0, 0.1) is 0 Å². The molecule has 16 heavy (non-hydrogen) atoms. The van der Waals surface area contributed by atoms with Crippen molar-refractivity contribution in [2.75, 3.05) is 26.2 Å². The summed E-state index contributed by atoms with van der Waals surface area (Å²) < 4.78 is 0. The molecule has 0 saturated carbocycles. The molecule has 3 nitrogen and oxygen atoms in total. The van der Waals surface area contributed by atoms with Crippen molar-refractivity contribution < 1.29 is 0 Å². The van der Waals surface area contributed by atoms with E-state index in [-0.39, 0.29) is 0 Å². The minimum absolute atomic E-state index is 0.450. The lowest BCUT2D eigenvalue weighted by atomic mass is 10.2. The molecule has 1 aliphatic heterocycles. The van der Waals surface area contributed by atoms with Gasteiger partial charge < -0.3 is 5.32 Å². The number of hydrogen-bond donors (Lipinski definition) is 1. The Morgan fingerprint density at radius 2 is 2.19 bits per heavy atom. The van der Waals surface area contributed by atoms with Crippen LogP contribution in [0.15, 0.2) is 12.3 Å². The smallest absolute Gasteiger partial charge is 0.130 e. The Morgan fingerprint density at radius 1 is 1.31 bits per heavy atom. The third-order valence-corrected chi connectivity index (χ3v) is 3.28. The highest BCUT2D eigenvalue weighted by Gasteiger charge is 2.11. The average molecular weight is 260 g/mol. The van der Waals surface area contributed by atoms with Gasteiger partial charge in [-0.15, -0.1) is 0 Å². The zero-order valence-electron chi connectivity index (χ0n) is 9.05. The van der Waals surface area contributed by atoms with Crippen LogP contribution in [0.5, 0.6) is 0 Å². The summed E-state index contributed by atoms with van der Waals surface area (Å²) in [6.07, 6.45) is 2.95. The number of nitrogens with zero attached hydrogens (tertiary/aromatic N) is 2. The fourth-order valence-electron chi connectivity index (χ4n) is 1.85. The molecule has 5 heteroatoms. The van der Waals surface area contributed by atoms with Gasteiger partial charge in [0.25, 0.3) is 0 Å². The molecule has 1 saturated heterocycles. The average Bonchev–Trinajstić information content (AvgIpc) is 2.51. The summed E-state index contributed by atoms with van der Waals surface area (Å²) >= 11 is 11.9. The van der Waals surface area contributed by atoms with Gasteiger partial charge in [-0.25, -0.2) is 4.98 Å². The highest BCUT2D eigenvalue weighted by atomic mass is 35.5. The first-order valence-corrected chi connectivity index (χ1v) is 6.24. The highest BCUT2D eigenvalue weighted by molar-refractivity contribution is 6.34. The number of nitrogens with one attached hydrogen (secondary N) is 1. The molecular weight excluding hydrogens is 245 g/mol. The van der Waals surface area contributed by atoms with Gasteiger partial charge in [0, 0.05) is 36.4 Å². The van der Waals surface area contributed by atoms with E-state index in [9.17, 15) is 0 Å². The van der Waals surface area contributed by atoms with Crippen molar-refractivity contribution in [3.63, 3.8) is 0 Å². The minimum Gasteiger partial charge on any atom is -0.315 e. The summed E-state index contributed by atoms with van der Waals surface area (Å²) in [5.74, 6) is 0. The third-order valence-electron chi connectivity index (χ3n) is 2.72. The predicted octanol–water partition coefficient (Wildman–Crippen LogP) is 2.18. The van der Waals surface area contributed by atoms with Gasteiger partial charge in [0.05, 0.1) is 0 Å². The molecule has 1 fully saturated rings. The Morgan fingerprint density at radius 3 is 3.00 bits per heavy atom. The van der Waals surface area contributed by atoms with E-state index < -0.39 is 0 Å². The molecule has 0 bridgehead atoms. The Balaban J connectivity index is 2.01. The van der Waals surface area contributed by atoms with E-state index in [1.54, 1.807) is 12.3 Å². The second kappa shape index (κ2) is 5.82. The van der Waals surface area contributed by atoms with Crippen molar-refractivity contribution in [3.05, 3.63) is 28.0 Å². The molecule has 88 valence electrons. The third kappa shape index (κ3) is 3.32. The first-order chi connectivity index (χ1) is 7.75. The lowest BCUT2D eigenvalue weighted by molar-refractivity contribution is 0.284. The number of halogens is 2. The second-order valence-electron chi connectivity index (χ2n) is 3.98. The van der Waals surface area contributed by atoms with Crippen molar-refractivity contribution in [1.82, 2.24) is 15.2 Å². The van der Waals surface area contributed by atoms with E-state index in [4.69, 9.17) is 23.2 Å². The molecule has 0 aromatic carbocycles. The number of aromatic nitrogens is 1. The number of rotatable bonds is 2.